The highest BCUT2D eigenvalue weighted by atomic mass is 28.2. The molecule has 0 unspecified atom stereocenters. The molecular weight excluding hydrogens is 142 g/mol. The molecule has 0 spiro atoms. The molecule has 10 heavy (non-hydrogen) atoms. The first kappa shape index (κ1) is 10.1. The van der Waals surface area contributed by atoms with Crippen LogP contribution in [-0.4, -0.2) is 22.6 Å². The van der Waals surface area contributed by atoms with E-state index in [0.29, 0.717) is 6.04 Å². The summed E-state index contributed by atoms with van der Waals surface area (Å²) in [6.07, 6.45) is 2.43. The lowest BCUT2D eigenvalue weighted by molar-refractivity contribution is 0.317. The van der Waals surface area contributed by atoms with Gasteiger partial charge in [-0.1, -0.05) is 27.2 Å². The fraction of sp³-hybridized carbons (Fsp3) is 1.00. The third kappa shape index (κ3) is 8.14. The first-order valence-electron chi connectivity index (χ1n) is 4.08. The van der Waals surface area contributed by atoms with E-state index in [1.807, 2.05) is 0 Å². The molecule has 0 saturated heterocycles. The number of hydrogen-bond acceptors (Lipinski definition) is 2. The Hall–Kier alpha value is 0.137. The average Bonchev–Trinajstić information content (AvgIpc) is 1.87. The average molecular weight is 161 g/mol. The molecule has 0 aromatic carbocycles. The topological polar surface area (TPSA) is 21.3 Å². The quantitative estimate of drug-likeness (QED) is 0.459. The molecule has 0 aliphatic carbocycles. The van der Waals surface area contributed by atoms with Gasteiger partial charge in [-0.05, 0) is 12.5 Å². The predicted molar refractivity (Wildman–Crippen MR) is 47.7 cm³/mol. The second-order valence-electron chi connectivity index (χ2n) is 2.76. The molecular formula is C7H19NOSi. The Morgan fingerprint density at radius 2 is 2.20 bits per heavy atom. The van der Waals surface area contributed by atoms with E-state index in [-0.39, 0.29) is 0 Å². The molecule has 0 atom stereocenters. The summed E-state index contributed by atoms with van der Waals surface area (Å²) < 4.78 is 5.41. The van der Waals surface area contributed by atoms with Crippen LogP contribution in [-0.2, 0) is 4.43 Å². The molecule has 0 aliphatic heterocycles. The highest BCUT2D eigenvalue weighted by molar-refractivity contribution is 6.23. The van der Waals surface area contributed by atoms with Crippen LogP contribution in [0.2, 0.25) is 0 Å². The van der Waals surface area contributed by atoms with Crippen molar-refractivity contribution in [2.45, 2.75) is 39.7 Å². The SMILES string of the molecule is CCCCO[SiH2]NC(C)C. The Morgan fingerprint density at radius 3 is 2.70 bits per heavy atom. The zero-order valence-corrected chi connectivity index (χ0v) is 8.73. The summed E-state index contributed by atoms with van der Waals surface area (Å²) >= 11 is 0. The maximum absolute atomic E-state index is 5.41. The lowest BCUT2D eigenvalue weighted by Gasteiger charge is -2.07. The van der Waals surface area contributed by atoms with Gasteiger partial charge in [0.05, 0.1) is 0 Å². The molecule has 0 amide bonds. The zero-order chi connectivity index (χ0) is 7.82. The molecule has 0 rings (SSSR count). The van der Waals surface area contributed by atoms with Crippen LogP contribution in [0.25, 0.3) is 0 Å². The monoisotopic (exact) mass is 161 g/mol. The summed E-state index contributed by atoms with van der Waals surface area (Å²) in [5, 5.41) is 0. The maximum atomic E-state index is 5.41. The van der Waals surface area contributed by atoms with E-state index < -0.39 is 9.92 Å². The van der Waals surface area contributed by atoms with Crippen molar-refractivity contribution in [1.29, 1.82) is 0 Å². The van der Waals surface area contributed by atoms with Gasteiger partial charge in [0.2, 0.25) is 9.92 Å². The van der Waals surface area contributed by atoms with E-state index in [1.54, 1.807) is 0 Å². The molecule has 0 saturated carbocycles. The van der Waals surface area contributed by atoms with Gasteiger partial charge in [0.15, 0.2) is 0 Å². The number of unbranched alkanes of at least 4 members (excludes halogenated alkanes) is 1. The summed E-state index contributed by atoms with van der Waals surface area (Å²) in [6, 6.07) is 0.591. The van der Waals surface area contributed by atoms with Gasteiger partial charge in [0, 0.05) is 6.61 Å². The molecule has 1 N–H and O–H groups in total. The van der Waals surface area contributed by atoms with Gasteiger partial charge in [0.1, 0.15) is 0 Å². The summed E-state index contributed by atoms with van der Waals surface area (Å²) in [6.45, 7) is 7.43. The lowest BCUT2D eigenvalue weighted by Crippen LogP contribution is -2.29. The minimum atomic E-state index is -0.406. The summed E-state index contributed by atoms with van der Waals surface area (Å²) in [7, 11) is -0.406. The molecule has 0 bridgehead atoms. The first-order valence-corrected chi connectivity index (χ1v) is 5.37. The smallest absolute Gasteiger partial charge is 0.236 e. The third-order valence-corrected chi connectivity index (χ3v) is 2.71. The maximum Gasteiger partial charge on any atom is 0.236 e. The van der Waals surface area contributed by atoms with Crippen LogP contribution < -0.4 is 4.98 Å². The van der Waals surface area contributed by atoms with Crippen molar-refractivity contribution < 1.29 is 4.43 Å². The number of hydrogen-bond donors (Lipinski definition) is 1. The van der Waals surface area contributed by atoms with Crippen molar-refractivity contribution in [2.24, 2.45) is 0 Å². The Bertz CT molecular complexity index is 68.6. The van der Waals surface area contributed by atoms with Gasteiger partial charge in [-0.15, -0.1) is 0 Å². The van der Waals surface area contributed by atoms with Crippen LogP contribution in [0.15, 0.2) is 0 Å². The molecule has 0 aromatic rings. The van der Waals surface area contributed by atoms with Crippen LogP contribution in [0.5, 0.6) is 0 Å². The zero-order valence-electron chi connectivity index (χ0n) is 7.31. The second-order valence-corrected chi connectivity index (χ2v) is 3.87. The van der Waals surface area contributed by atoms with Crippen LogP contribution in [0.3, 0.4) is 0 Å². The van der Waals surface area contributed by atoms with E-state index in [1.165, 1.54) is 12.8 Å². The van der Waals surface area contributed by atoms with Crippen LogP contribution in [0.1, 0.15) is 33.6 Å². The molecule has 0 fully saturated rings. The van der Waals surface area contributed by atoms with Gasteiger partial charge in [-0.2, -0.15) is 0 Å². The summed E-state index contributed by atoms with van der Waals surface area (Å²) in [5.74, 6) is 0. The van der Waals surface area contributed by atoms with Gasteiger partial charge in [-0.3, -0.25) is 0 Å². The van der Waals surface area contributed by atoms with E-state index >= 15 is 0 Å². The van der Waals surface area contributed by atoms with Crippen LogP contribution in [0, 0.1) is 0 Å². The van der Waals surface area contributed by atoms with Gasteiger partial charge < -0.3 is 9.41 Å². The summed E-state index contributed by atoms with van der Waals surface area (Å²) in [5.41, 5.74) is 0. The van der Waals surface area contributed by atoms with Gasteiger partial charge in [0.25, 0.3) is 0 Å². The molecule has 0 heterocycles. The van der Waals surface area contributed by atoms with E-state index in [9.17, 15) is 0 Å². The Kier molecular flexibility index (Phi) is 7.35. The molecule has 62 valence electrons. The Labute approximate surface area is 66.4 Å². The van der Waals surface area contributed by atoms with Gasteiger partial charge >= 0.3 is 0 Å². The third-order valence-electron chi connectivity index (χ3n) is 1.24. The van der Waals surface area contributed by atoms with Crippen molar-refractivity contribution in [3.63, 3.8) is 0 Å². The fourth-order valence-corrected chi connectivity index (χ4v) is 1.34. The van der Waals surface area contributed by atoms with Gasteiger partial charge in [-0.25, -0.2) is 0 Å². The van der Waals surface area contributed by atoms with Crippen molar-refractivity contribution >= 4 is 9.92 Å². The van der Waals surface area contributed by atoms with E-state index in [2.05, 4.69) is 25.8 Å². The second kappa shape index (κ2) is 7.25. The largest absolute Gasteiger partial charge is 0.409 e. The normalized spacial score (nSPS) is 12.0. The molecule has 2 nitrogen and oxygen atoms in total. The highest BCUT2D eigenvalue weighted by Gasteiger charge is 1.90. The Balaban J connectivity index is 2.77. The minimum Gasteiger partial charge on any atom is -0.409 e. The van der Waals surface area contributed by atoms with Crippen molar-refractivity contribution in [1.82, 2.24) is 4.98 Å². The fourth-order valence-electron chi connectivity index (χ4n) is 0.544. The molecule has 0 aromatic heterocycles. The minimum absolute atomic E-state index is 0.406. The molecule has 3 heteroatoms. The number of nitrogens with one attached hydrogen (secondary N) is 1. The van der Waals surface area contributed by atoms with E-state index in [0.717, 1.165) is 6.61 Å². The lowest BCUT2D eigenvalue weighted by atomic mass is 10.4. The van der Waals surface area contributed by atoms with E-state index in [4.69, 9.17) is 4.43 Å². The highest BCUT2D eigenvalue weighted by Crippen LogP contribution is 1.85. The standard InChI is InChI=1S/C7H19NOSi/c1-4-5-6-9-10-8-7(2)3/h7-8H,4-6,10H2,1-3H3. The molecule has 0 radical (unpaired) electrons. The Morgan fingerprint density at radius 1 is 1.50 bits per heavy atom. The first-order chi connectivity index (χ1) is 4.77. The van der Waals surface area contributed by atoms with Crippen molar-refractivity contribution in [3.05, 3.63) is 0 Å². The van der Waals surface area contributed by atoms with Crippen LogP contribution >= 0.6 is 0 Å². The summed E-state index contributed by atoms with van der Waals surface area (Å²) in [4.78, 5) is 3.32. The van der Waals surface area contributed by atoms with Crippen molar-refractivity contribution in [3.8, 4) is 0 Å². The predicted octanol–water partition coefficient (Wildman–Crippen LogP) is 0.800. The number of rotatable bonds is 6. The molecule has 0 aliphatic rings. The van der Waals surface area contributed by atoms with Crippen molar-refractivity contribution in [2.75, 3.05) is 6.61 Å². The van der Waals surface area contributed by atoms with Crippen LogP contribution in [0.4, 0.5) is 0 Å².